The highest BCUT2D eigenvalue weighted by Gasteiger charge is 2.12. The lowest BCUT2D eigenvalue weighted by Gasteiger charge is -1.97. The largest absolute Gasteiger partial charge is 0.469 e. The topological polar surface area (TPSA) is 44.1 Å². The lowest BCUT2D eigenvalue weighted by Crippen LogP contribution is -2.05. The van der Waals surface area contributed by atoms with Crippen molar-refractivity contribution in [1.29, 1.82) is 0 Å². The molecule has 0 aliphatic rings. The molecule has 0 aliphatic heterocycles. The molecule has 0 unspecified atom stereocenters. The van der Waals surface area contributed by atoms with E-state index >= 15 is 0 Å². The molecule has 0 radical (unpaired) electrons. The van der Waals surface area contributed by atoms with Crippen LogP contribution in [0.5, 0.6) is 0 Å². The first kappa shape index (κ1) is 10.7. The summed E-state index contributed by atoms with van der Waals surface area (Å²) in [6.07, 6.45) is 0.219. The summed E-state index contributed by atoms with van der Waals surface area (Å²) in [4.78, 5) is 11.2. The number of methoxy groups -OCH3 is 1. The van der Waals surface area contributed by atoms with Crippen LogP contribution < -0.4 is 0 Å². The molecule has 0 spiro atoms. The average Bonchev–Trinajstić information content (AvgIpc) is 2.55. The Balaban J connectivity index is 2.51. The quantitative estimate of drug-likeness (QED) is 0.719. The van der Waals surface area contributed by atoms with Gasteiger partial charge in [-0.15, -0.1) is 0 Å². The first-order valence-electron chi connectivity index (χ1n) is 5.11. The molecule has 0 saturated carbocycles. The summed E-state index contributed by atoms with van der Waals surface area (Å²) in [5.41, 5.74) is 2.99. The zero-order valence-electron chi connectivity index (χ0n) is 9.65. The van der Waals surface area contributed by atoms with Gasteiger partial charge in [-0.1, -0.05) is 12.1 Å². The first-order chi connectivity index (χ1) is 7.61. The Morgan fingerprint density at radius 1 is 1.50 bits per heavy atom. The van der Waals surface area contributed by atoms with Crippen molar-refractivity contribution in [3.8, 4) is 0 Å². The fraction of sp³-hybridized carbons (Fsp3) is 0.333. The van der Waals surface area contributed by atoms with Gasteiger partial charge >= 0.3 is 5.97 Å². The molecular formula is C12H14N2O2. The lowest BCUT2D eigenvalue weighted by molar-refractivity contribution is -0.139. The van der Waals surface area contributed by atoms with Crippen LogP contribution in [0.3, 0.4) is 0 Å². The van der Waals surface area contributed by atoms with Gasteiger partial charge in [0.15, 0.2) is 0 Å². The number of hydrogen-bond donors (Lipinski definition) is 0. The minimum absolute atomic E-state index is 0.219. The van der Waals surface area contributed by atoms with E-state index in [1.165, 1.54) is 12.7 Å². The van der Waals surface area contributed by atoms with E-state index < -0.39 is 0 Å². The van der Waals surface area contributed by atoms with E-state index in [0.29, 0.717) is 0 Å². The zero-order chi connectivity index (χ0) is 11.7. The predicted molar refractivity (Wildman–Crippen MR) is 61.2 cm³/mol. The Morgan fingerprint density at radius 2 is 2.25 bits per heavy atom. The molecule has 84 valence electrons. The molecule has 0 bridgehead atoms. The predicted octanol–water partition coefficient (Wildman–Crippen LogP) is 1.60. The third-order valence-electron chi connectivity index (χ3n) is 2.62. The van der Waals surface area contributed by atoms with Crippen molar-refractivity contribution in [2.24, 2.45) is 7.05 Å². The van der Waals surface area contributed by atoms with Gasteiger partial charge in [0.05, 0.1) is 24.7 Å². The van der Waals surface area contributed by atoms with E-state index in [1.807, 2.05) is 26.1 Å². The molecule has 2 aromatic rings. The van der Waals surface area contributed by atoms with Gasteiger partial charge in [0, 0.05) is 12.4 Å². The number of fused-ring (bicyclic) bond motifs is 1. The highest BCUT2D eigenvalue weighted by molar-refractivity contribution is 5.86. The van der Waals surface area contributed by atoms with Crippen LogP contribution in [0.25, 0.3) is 10.9 Å². The van der Waals surface area contributed by atoms with Gasteiger partial charge in [0.2, 0.25) is 0 Å². The van der Waals surface area contributed by atoms with Crippen molar-refractivity contribution >= 4 is 16.9 Å². The second-order valence-electron chi connectivity index (χ2n) is 3.84. The lowest BCUT2D eigenvalue weighted by atomic mass is 10.1. The minimum Gasteiger partial charge on any atom is -0.469 e. The number of nitrogens with zero attached hydrogens (tertiary/aromatic N) is 2. The molecule has 4 heteroatoms. The number of carbonyl (C=O) groups is 1. The van der Waals surface area contributed by atoms with Gasteiger partial charge in [0.1, 0.15) is 0 Å². The summed E-state index contributed by atoms with van der Waals surface area (Å²) in [6.45, 7) is 2.03. The molecule has 1 aromatic carbocycles. The summed E-state index contributed by atoms with van der Waals surface area (Å²) in [5.74, 6) is -0.263. The highest BCUT2D eigenvalue weighted by Crippen LogP contribution is 2.19. The van der Waals surface area contributed by atoms with Gasteiger partial charge in [-0.25, -0.2) is 0 Å². The van der Waals surface area contributed by atoms with Crippen LogP contribution in [-0.4, -0.2) is 22.9 Å². The van der Waals surface area contributed by atoms with Crippen LogP contribution in [0.4, 0.5) is 0 Å². The van der Waals surface area contributed by atoms with Crippen LogP contribution in [0.2, 0.25) is 0 Å². The van der Waals surface area contributed by atoms with E-state index in [1.54, 1.807) is 4.68 Å². The van der Waals surface area contributed by atoms with Gasteiger partial charge in [-0.2, -0.15) is 5.10 Å². The summed E-state index contributed by atoms with van der Waals surface area (Å²) < 4.78 is 6.44. The Labute approximate surface area is 93.8 Å². The first-order valence-corrected chi connectivity index (χ1v) is 5.11. The smallest absolute Gasteiger partial charge is 0.311 e. The van der Waals surface area contributed by atoms with Crippen molar-refractivity contribution in [3.63, 3.8) is 0 Å². The van der Waals surface area contributed by atoms with Gasteiger partial charge in [-0.3, -0.25) is 9.48 Å². The third-order valence-corrected chi connectivity index (χ3v) is 2.62. The summed E-state index contributed by atoms with van der Waals surface area (Å²) in [6, 6.07) is 6.07. The molecule has 2 rings (SSSR count). The number of rotatable bonds is 2. The van der Waals surface area contributed by atoms with Crippen molar-refractivity contribution in [1.82, 2.24) is 9.78 Å². The highest BCUT2D eigenvalue weighted by atomic mass is 16.5. The summed E-state index contributed by atoms with van der Waals surface area (Å²) in [5, 5.41) is 5.35. The van der Waals surface area contributed by atoms with Crippen molar-refractivity contribution in [3.05, 3.63) is 29.5 Å². The SMILES string of the molecule is COC(=O)Cc1nn(C)c2cc(C)ccc12. The van der Waals surface area contributed by atoms with Gasteiger partial charge in [0.25, 0.3) is 0 Å². The van der Waals surface area contributed by atoms with Crippen molar-refractivity contribution < 1.29 is 9.53 Å². The maximum absolute atomic E-state index is 11.2. The zero-order valence-corrected chi connectivity index (χ0v) is 9.65. The van der Waals surface area contributed by atoms with Crippen LogP contribution in [0.1, 0.15) is 11.3 Å². The van der Waals surface area contributed by atoms with E-state index in [-0.39, 0.29) is 12.4 Å². The molecule has 0 aliphatic carbocycles. The number of carbonyl (C=O) groups excluding carboxylic acids is 1. The molecule has 1 aromatic heterocycles. The van der Waals surface area contributed by atoms with Gasteiger partial charge in [-0.05, 0) is 18.6 Å². The van der Waals surface area contributed by atoms with Crippen LogP contribution in [0, 0.1) is 6.92 Å². The fourth-order valence-corrected chi connectivity index (χ4v) is 1.78. The minimum atomic E-state index is -0.263. The van der Waals surface area contributed by atoms with E-state index in [0.717, 1.165) is 16.6 Å². The molecule has 16 heavy (non-hydrogen) atoms. The monoisotopic (exact) mass is 218 g/mol. The molecule has 0 atom stereocenters. The van der Waals surface area contributed by atoms with E-state index in [2.05, 4.69) is 15.9 Å². The van der Waals surface area contributed by atoms with Crippen LogP contribution in [-0.2, 0) is 23.0 Å². The second-order valence-corrected chi connectivity index (χ2v) is 3.84. The number of aromatic nitrogens is 2. The molecule has 1 heterocycles. The second kappa shape index (κ2) is 3.96. The molecule has 0 fully saturated rings. The summed E-state index contributed by atoms with van der Waals surface area (Å²) >= 11 is 0. The maximum Gasteiger partial charge on any atom is 0.311 e. The Hall–Kier alpha value is -1.84. The molecule has 4 nitrogen and oxygen atoms in total. The number of benzene rings is 1. The van der Waals surface area contributed by atoms with Gasteiger partial charge < -0.3 is 4.74 Å². The average molecular weight is 218 g/mol. The summed E-state index contributed by atoms with van der Waals surface area (Å²) in [7, 11) is 3.26. The Kier molecular flexibility index (Phi) is 2.64. The standard InChI is InChI=1S/C12H14N2O2/c1-8-4-5-9-10(7-12(15)16-3)13-14(2)11(9)6-8/h4-6H,7H2,1-3H3. The maximum atomic E-state index is 11.2. The van der Waals surface area contributed by atoms with Crippen molar-refractivity contribution in [2.75, 3.05) is 7.11 Å². The van der Waals surface area contributed by atoms with E-state index in [4.69, 9.17) is 0 Å². The normalized spacial score (nSPS) is 10.7. The van der Waals surface area contributed by atoms with Crippen LogP contribution in [0.15, 0.2) is 18.2 Å². The Morgan fingerprint density at radius 3 is 2.94 bits per heavy atom. The molecule has 0 N–H and O–H groups in total. The number of ether oxygens (including phenoxy) is 1. The third kappa shape index (κ3) is 1.78. The Bertz CT molecular complexity index is 543. The fourth-order valence-electron chi connectivity index (χ4n) is 1.78. The number of hydrogen-bond acceptors (Lipinski definition) is 3. The molecule has 0 saturated heterocycles. The molecular weight excluding hydrogens is 204 g/mol. The van der Waals surface area contributed by atoms with Crippen LogP contribution >= 0.6 is 0 Å². The number of aryl methyl sites for hydroxylation is 2. The number of esters is 1. The molecule has 0 amide bonds. The van der Waals surface area contributed by atoms with Crippen molar-refractivity contribution in [2.45, 2.75) is 13.3 Å². The van der Waals surface area contributed by atoms with E-state index in [9.17, 15) is 4.79 Å².